The molecule has 1 heterocycles. The number of hydrogen-bond acceptors (Lipinski definition) is 2. The minimum atomic E-state index is -0.0916. The van der Waals surface area contributed by atoms with Gasteiger partial charge in [0.2, 0.25) is 5.91 Å². The van der Waals surface area contributed by atoms with Crippen LogP contribution in [0.1, 0.15) is 5.56 Å². The smallest absolute Gasteiger partial charge is 0.229 e. The summed E-state index contributed by atoms with van der Waals surface area (Å²) < 4.78 is 1.03. The van der Waals surface area contributed by atoms with Crippen LogP contribution in [-0.4, -0.2) is 10.9 Å². The molecule has 0 fully saturated rings. The molecular formula is C13H10ClIN2O. The molecule has 0 aliphatic heterocycles. The molecular weight excluding hydrogens is 363 g/mol. The second-order valence-electron chi connectivity index (χ2n) is 3.71. The van der Waals surface area contributed by atoms with Gasteiger partial charge in [0.05, 0.1) is 6.42 Å². The number of pyridine rings is 1. The van der Waals surface area contributed by atoms with E-state index in [1.165, 1.54) is 0 Å². The first-order valence-electron chi connectivity index (χ1n) is 5.29. The number of amides is 1. The standard InChI is InChI=1S/C13H10ClIN2O/c14-10-3-1-9(2-4-10)7-13(18)17-12-6-5-11(15)8-16-12/h1-6,8H,7H2,(H,16,17,18). The molecule has 92 valence electrons. The number of hydrogen-bond donors (Lipinski definition) is 1. The minimum absolute atomic E-state index is 0.0916. The van der Waals surface area contributed by atoms with Crippen LogP contribution in [-0.2, 0) is 11.2 Å². The monoisotopic (exact) mass is 372 g/mol. The van der Waals surface area contributed by atoms with E-state index in [9.17, 15) is 4.79 Å². The molecule has 0 aliphatic carbocycles. The predicted octanol–water partition coefficient (Wildman–Crippen LogP) is 3.52. The fraction of sp³-hybridized carbons (Fsp3) is 0.0769. The minimum Gasteiger partial charge on any atom is -0.310 e. The lowest BCUT2D eigenvalue weighted by Gasteiger charge is -2.04. The molecule has 0 saturated heterocycles. The molecule has 0 saturated carbocycles. The van der Waals surface area contributed by atoms with E-state index in [0.29, 0.717) is 17.3 Å². The molecule has 0 unspecified atom stereocenters. The number of carbonyl (C=O) groups excluding carboxylic acids is 1. The lowest BCUT2D eigenvalue weighted by molar-refractivity contribution is -0.115. The molecule has 0 aliphatic rings. The van der Waals surface area contributed by atoms with Crippen LogP contribution in [0.2, 0.25) is 5.02 Å². The number of aromatic nitrogens is 1. The number of rotatable bonds is 3. The van der Waals surface area contributed by atoms with Crippen molar-refractivity contribution in [3.63, 3.8) is 0 Å². The second-order valence-corrected chi connectivity index (χ2v) is 5.40. The quantitative estimate of drug-likeness (QED) is 0.838. The van der Waals surface area contributed by atoms with E-state index in [0.717, 1.165) is 9.13 Å². The van der Waals surface area contributed by atoms with E-state index in [1.54, 1.807) is 24.4 Å². The Hall–Kier alpha value is -1.14. The van der Waals surface area contributed by atoms with Gasteiger partial charge in [0.25, 0.3) is 0 Å². The second kappa shape index (κ2) is 6.15. The van der Waals surface area contributed by atoms with Gasteiger partial charge in [-0.1, -0.05) is 23.7 Å². The largest absolute Gasteiger partial charge is 0.310 e. The van der Waals surface area contributed by atoms with Gasteiger partial charge in [-0.15, -0.1) is 0 Å². The molecule has 0 bridgehead atoms. The van der Waals surface area contributed by atoms with Gasteiger partial charge in [0.1, 0.15) is 5.82 Å². The number of carbonyl (C=O) groups is 1. The highest BCUT2D eigenvalue weighted by atomic mass is 127. The Morgan fingerprint density at radius 2 is 1.94 bits per heavy atom. The van der Waals surface area contributed by atoms with Crippen molar-refractivity contribution in [3.05, 3.63) is 56.8 Å². The van der Waals surface area contributed by atoms with Crippen molar-refractivity contribution in [2.75, 3.05) is 5.32 Å². The van der Waals surface area contributed by atoms with Crippen molar-refractivity contribution in [2.24, 2.45) is 0 Å². The van der Waals surface area contributed by atoms with E-state index in [-0.39, 0.29) is 5.91 Å². The molecule has 5 heteroatoms. The third-order valence-electron chi connectivity index (χ3n) is 2.27. The van der Waals surface area contributed by atoms with Gasteiger partial charge in [0.15, 0.2) is 0 Å². The molecule has 0 radical (unpaired) electrons. The van der Waals surface area contributed by atoms with Crippen LogP contribution in [0.4, 0.5) is 5.82 Å². The van der Waals surface area contributed by atoms with E-state index in [2.05, 4.69) is 32.9 Å². The number of nitrogens with zero attached hydrogens (tertiary/aromatic N) is 1. The lowest BCUT2D eigenvalue weighted by Crippen LogP contribution is -2.15. The number of halogens is 2. The predicted molar refractivity (Wildman–Crippen MR) is 80.7 cm³/mol. The van der Waals surface area contributed by atoms with E-state index in [1.807, 2.05) is 18.2 Å². The molecule has 1 aromatic heterocycles. The zero-order valence-electron chi connectivity index (χ0n) is 9.36. The van der Waals surface area contributed by atoms with Crippen molar-refractivity contribution in [3.8, 4) is 0 Å². The van der Waals surface area contributed by atoms with Crippen LogP contribution in [0.3, 0.4) is 0 Å². The fourth-order valence-electron chi connectivity index (χ4n) is 1.42. The first kappa shape index (κ1) is 13.3. The Labute approximate surface area is 124 Å². The van der Waals surface area contributed by atoms with Crippen LogP contribution in [0.15, 0.2) is 42.6 Å². The normalized spacial score (nSPS) is 10.1. The first-order chi connectivity index (χ1) is 8.63. The fourth-order valence-corrected chi connectivity index (χ4v) is 1.87. The van der Waals surface area contributed by atoms with Crippen LogP contribution < -0.4 is 5.32 Å². The number of anilines is 1. The van der Waals surface area contributed by atoms with Crippen molar-refractivity contribution in [2.45, 2.75) is 6.42 Å². The summed E-state index contributed by atoms with van der Waals surface area (Å²) in [4.78, 5) is 15.9. The Balaban J connectivity index is 1.96. The Morgan fingerprint density at radius 3 is 2.56 bits per heavy atom. The zero-order chi connectivity index (χ0) is 13.0. The molecule has 0 spiro atoms. The summed E-state index contributed by atoms with van der Waals surface area (Å²) >= 11 is 7.95. The average Bonchev–Trinajstić information content (AvgIpc) is 2.35. The van der Waals surface area contributed by atoms with Gasteiger partial charge in [0, 0.05) is 14.8 Å². The SMILES string of the molecule is O=C(Cc1ccc(Cl)cc1)Nc1ccc(I)cn1. The molecule has 2 rings (SSSR count). The van der Waals surface area contributed by atoms with Crippen molar-refractivity contribution in [1.82, 2.24) is 4.98 Å². The molecule has 1 aromatic carbocycles. The Kier molecular flexibility index (Phi) is 4.54. The average molecular weight is 373 g/mol. The molecule has 1 amide bonds. The lowest BCUT2D eigenvalue weighted by atomic mass is 10.1. The Morgan fingerprint density at radius 1 is 1.22 bits per heavy atom. The van der Waals surface area contributed by atoms with Gasteiger partial charge in [-0.3, -0.25) is 4.79 Å². The topological polar surface area (TPSA) is 42.0 Å². The van der Waals surface area contributed by atoms with E-state index < -0.39 is 0 Å². The maximum atomic E-state index is 11.8. The van der Waals surface area contributed by atoms with E-state index in [4.69, 9.17) is 11.6 Å². The van der Waals surface area contributed by atoms with Crippen molar-refractivity contribution < 1.29 is 4.79 Å². The third kappa shape index (κ3) is 3.96. The maximum absolute atomic E-state index is 11.8. The van der Waals surface area contributed by atoms with Gasteiger partial charge >= 0.3 is 0 Å². The molecule has 2 aromatic rings. The van der Waals surface area contributed by atoms with E-state index >= 15 is 0 Å². The van der Waals surface area contributed by atoms with Crippen LogP contribution >= 0.6 is 34.2 Å². The molecule has 3 nitrogen and oxygen atoms in total. The third-order valence-corrected chi connectivity index (χ3v) is 3.16. The van der Waals surface area contributed by atoms with Gasteiger partial charge in [-0.05, 0) is 52.4 Å². The maximum Gasteiger partial charge on any atom is 0.229 e. The van der Waals surface area contributed by atoms with Crippen molar-refractivity contribution >= 4 is 45.9 Å². The highest BCUT2D eigenvalue weighted by Gasteiger charge is 2.04. The highest BCUT2D eigenvalue weighted by Crippen LogP contribution is 2.11. The van der Waals surface area contributed by atoms with Gasteiger partial charge < -0.3 is 5.32 Å². The first-order valence-corrected chi connectivity index (χ1v) is 6.75. The molecule has 1 N–H and O–H groups in total. The Bertz CT molecular complexity index is 490. The van der Waals surface area contributed by atoms with Crippen LogP contribution in [0, 0.1) is 3.57 Å². The summed E-state index contributed by atoms with van der Waals surface area (Å²) in [5.41, 5.74) is 0.919. The van der Waals surface area contributed by atoms with Gasteiger partial charge in [-0.25, -0.2) is 4.98 Å². The number of nitrogens with one attached hydrogen (secondary N) is 1. The molecule has 0 atom stereocenters. The summed E-state index contributed by atoms with van der Waals surface area (Å²) in [6, 6.07) is 10.9. The summed E-state index contributed by atoms with van der Waals surface area (Å²) in [7, 11) is 0. The summed E-state index contributed by atoms with van der Waals surface area (Å²) in [5.74, 6) is 0.473. The number of benzene rings is 1. The highest BCUT2D eigenvalue weighted by molar-refractivity contribution is 14.1. The van der Waals surface area contributed by atoms with Crippen LogP contribution in [0.25, 0.3) is 0 Å². The van der Waals surface area contributed by atoms with Crippen molar-refractivity contribution in [1.29, 1.82) is 0 Å². The van der Waals surface area contributed by atoms with Gasteiger partial charge in [-0.2, -0.15) is 0 Å². The summed E-state index contributed by atoms with van der Waals surface area (Å²) in [5, 5.41) is 3.41. The summed E-state index contributed by atoms with van der Waals surface area (Å²) in [6.07, 6.45) is 2.02. The zero-order valence-corrected chi connectivity index (χ0v) is 12.3. The molecule has 18 heavy (non-hydrogen) atoms. The summed E-state index contributed by atoms with van der Waals surface area (Å²) in [6.45, 7) is 0. The van der Waals surface area contributed by atoms with Crippen LogP contribution in [0.5, 0.6) is 0 Å².